The van der Waals surface area contributed by atoms with Gasteiger partial charge in [0.25, 0.3) is 0 Å². The lowest BCUT2D eigenvalue weighted by Crippen LogP contribution is -1.98. The third kappa shape index (κ3) is 4.04. The average Bonchev–Trinajstić information content (AvgIpc) is 2.72. The Bertz CT molecular complexity index is 1030. The van der Waals surface area contributed by atoms with E-state index in [4.69, 9.17) is 15.2 Å². The Hall–Kier alpha value is -3.60. The molecule has 0 unspecified atom stereocenters. The van der Waals surface area contributed by atoms with E-state index in [1.807, 2.05) is 12.1 Å². The molecule has 4 nitrogen and oxygen atoms in total. The van der Waals surface area contributed by atoms with Crippen LogP contribution >= 0.6 is 0 Å². The maximum absolute atomic E-state index is 13.2. The Balaban J connectivity index is 1.91. The Morgan fingerprint density at radius 1 is 1.00 bits per heavy atom. The first-order valence-electron chi connectivity index (χ1n) is 8.62. The van der Waals surface area contributed by atoms with E-state index >= 15 is 0 Å². The zero-order chi connectivity index (χ0) is 20.1. The van der Waals surface area contributed by atoms with Crippen molar-refractivity contribution in [3.05, 3.63) is 83.7 Å². The van der Waals surface area contributed by atoms with E-state index in [1.165, 1.54) is 18.2 Å². The monoisotopic (exact) mass is 377 g/mol. The molecule has 0 aliphatic carbocycles. The van der Waals surface area contributed by atoms with Crippen LogP contribution in [0.4, 0.5) is 10.1 Å². The van der Waals surface area contributed by atoms with Crippen molar-refractivity contribution < 1.29 is 18.7 Å². The minimum atomic E-state index is -0.329. The van der Waals surface area contributed by atoms with Gasteiger partial charge in [0.15, 0.2) is 17.3 Å². The molecule has 3 aromatic rings. The van der Waals surface area contributed by atoms with Crippen molar-refractivity contribution in [1.82, 2.24) is 0 Å². The lowest BCUT2D eigenvalue weighted by Gasteiger charge is -2.10. The first kappa shape index (κ1) is 19.2. The van der Waals surface area contributed by atoms with Crippen molar-refractivity contribution in [2.45, 2.75) is 0 Å². The number of rotatable bonds is 6. The maximum atomic E-state index is 13.2. The van der Waals surface area contributed by atoms with E-state index < -0.39 is 0 Å². The predicted molar refractivity (Wildman–Crippen MR) is 109 cm³/mol. The fraction of sp³-hybridized carbons (Fsp3) is 0.0870. The molecule has 5 heteroatoms. The molecule has 0 aliphatic heterocycles. The second-order valence-corrected chi connectivity index (χ2v) is 6.09. The van der Waals surface area contributed by atoms with Crippen LogP contribution in [0.1, 0.15) is 15.9 Å². The second-order valence-electron chi connectivity index (χ2n) is 6.09. The van der Waals surface area contributed by atoms with Crippen LogP contribution < -0.4 is 15.2 Å². The van der Waals surface area contributed by atoms with Gasteiger partial charge in [-0.25, -0.2) is 4.39 Å². The fourth-order valence-corrected chi connectivity index (χ4v) is 2.89. The maximum Gasteiger partial charge on any atom is 0.185 e. The van der Waals surface area contributed by atoms with Crippen molar-refractivity contribution in [1.29, 1.82) is 0 Å². The average molecular weight is 377 g/mol. The molecule has 0 spiro atoms. The van der Waals surface area contributed by atoms with Crippen LogP contribution in [0.15, 0.2) is 66.7 Å². The summed E-state index contributed by atoms with van der Waals surface area (Å²) < 4.78 is 23.8. The lowest BCUT2D eigenvalue weighted by molar-refractivity contribution is 0.104. The number of nitrogens with two attached hydrogens (primary N) is 1. The van der Waals surface area contributed by atoms with Gasteiger partial charge in [-0.05, 0) is 54.1 Å². The molecule has 0 aliphatic rings. The molecule has 0 aromatic heterocycles. The largest absolute Gasteiger partial charge is 0.493 e. The summed E-state index contributed by atoms with van der Waals surface area (Å²) in [5, 5.41) is 0. The molecule has 0 radical (unpaired) electrons. The molecule has 28 heavy (non-hydrogen) atoms. The van der Waals surface area contributed by atoms with Gasteiger partial charge < -0.3 is 15.2 Å². The standard InChI is InChI=1S/C23H20FNO3/c1-27-22-5-3-4-16(23(22)28-2)9-13-21(26)17-8-12-20(25)19(14-17)15-6-10-18(24)11-7-15/h3-14H,25H2,1-2H3/b13-9+. The van der Waals surface area contributed by atoms with Crippen LogP contribution in [-0.4, -0.2) is 20.0 Å². The third-order valence-electron chi connectivity index (χ3n) is 4.34. The number of hydrogen-bond donors (Lipinski definition) is 1. The van der Waals surface area contributed by atoms with Crippen LogP contribution in [0.25, 0.3) is 17.2 Å². The molecular formula is C23H20FNO3. The van der Waals surface area contributed by atoms with Gasteiger partial charge in [-0.3, -0.25) is 4.79 Å². The van der Waals surface area contributed by atoms with E-state index in [0.717, 1.165) is 11.1 Å². The molecule has 0 saturated carbocycles. The fourth-order valence-electron chi connectivity index (χ4n) is 2.89. The minimum Gasteiger partial charge on any atom is -0.493 e. The van der Waals surface area contributed by atoms with Crippen LogP contribution in [-0.2, 0) is 0 Å². The van der Waals surface area contributed by atoms with E-state index in [2.05, 4.69) is 0 Å². The number of hydrogen-bond acceptors (Lipinski definition) is 4. The summed E-state index contributed by atoms with van der Waals surface area (Å²) >= 11 is 0. The quantitative estimate of drug-likeness (QED) is 0.374. The van der Waals surface area contributed by atoms with Gasteiger partial charge in [-0.1, -0.05) is 24.3 Å². The van der Waals surface area contributed by atoms with Gasteiger partial charge in [0.05, 0.1) is 14.2 Å². The van der Waals surface area contributed by atoms with Crippen molar-refractivity contribution in [3.8, 4) is 22.6 Å². The number of ketones is 1. The van der Waals surface area contributed by atoms with Crippen LogP contribution in [0.2, 0.25) is 0 Å². The highest BCUT2D eigenvalue weighted by atomic mass is 19.1. The smallest absolute Gasteiger partial charge is 0.185 e. The Labute approximate surface area is 163 Å². The number of methoxy groups -OCH3 is 2. The number of carbonyl (C=O) groups excluding carboxylic acids is 1. The summed E-state index contributed by atoms with van der Waals surface area (Å²) in [4.78, 5) is 12.7. The van der Waals surface area contributed by atoms with E-state index in [0.29, 0.717) is 28.3 Å². The Morgan fingerprint density at radius 2 is 1.75 bits per heavy atom. The molecule has 0 heterocycles. The highest BCUT2D eigenvalue weighted by molar-refractivity contribution is 6.08. The second kappa shape index (κ2) is 8.39. The zero-order valence-electron chi connectivity index (χ0n) is 15.6. The van der Waals surface area contributed by atoms with E-state index in [9.17, 15) is 9.18 Å². The van der Waals surface area contributed by atoms with E-state index in [1.54, 1.807) is 56.7 Å². The van der Waals surface area contributed by atoms with Gasteiger partial charge in [-0.15, -0.1) is 0 Å². The van der Waals surface area contributed by atoms with Crippen molar-refractivity contribution in [3.63, 3.8) is 0 Å². The van der Waals surface area contributed by atoms with Crippen molar-refractivity contribution in [2.75, 3.05) is 20.0 Å². The number of carbonyl (C=O) groups is 1. The number of nitrogen functional groups attached to an aromatic ring is 1. The topological polar surface area (TPSA) is 61.5 Å². The summed E-state index contributed by atoms with van der Waals surface area (Å²) in [6.45, 7) is 0. The lowest BCUT2D eigenvalue weighted by atomic mass is 9.99. The molecule has 0 amide bonds. The number of allylic oxidation sites excluding steroid dienone is 1. The summed E-state index contributed by atoms with van der Waals surface area (Å²) in [6.07, 6.45) is 3.15. The molecule has 0 atom stereocenters. The van der Waals surface area contributed by atoms with Gasteiger partial charge in [-0.2, -0.15) is 0 Å². The van der Waals surface area contributed by atoms with Crippen molar-refractivity contribution >= 4 is 17.5 Å². The van der Waals surface area contributed by atoms with Crippen molar-refractivity contribution in [2.24, 2.45) is 0 Å². The third-order valence-corrected chi connectivity index (χ3v) is 4.34. The highest BCUT2D eigenvalue weighted by Crippen LogP contribution is 2.32. The highest BCUT2D eigenvalue weighted by Gasteiger charge is 2.10. The number of anilines is 1. The summed E-state index contributed by atoms with van der Waals surface area (Å²) in [7, 11) is 3.10. The number of benzene rings is 3. The zero-order valence-corrected chi connectivity index (χ0v) is 15.6. The normalized spacial score (nSPS) is 10.8. The van der Waals surface area contributed by atoms with E-state index in [-0.39, 0.29) is 11.6 Å². The molecule has 0 saturated heterocycles. The minimum absolute atomic E-state index is 0.187. The molecule has 3 aromatic carbocycles. The Morgan fingerprint density at radius 3 is 2.43 bits per heavy atom. The SMILES string of the molecule is COc1cccc(/C=C/C(=O)c2ccc(N)c(-c3ccc(F)cc3)c2)c1OC. The molecule has 3 rings (SSSR count). The van der Waals surface area contributed by atoms with Crippen LogP contribution in [0.5, 0.6) is 11.5 Å². The molecule has 2 N–H and O–H groups in total. The predicted octanol–water partition coefficient (Wildman–Crippen LogP) is 4.99. The number of halogens is 1. The number of para-hydroxylation sites is 1. The van der Waals surface area contributed by atoms with Gasteiger partial charge in [0, 0.05) is 22.4 Å². The molecule has 0 bridgehead atoms. The first-order valence-corrected chi connectivity index (χ1v) is 8.62. The summed E-state index contributed by atoms with van der Waals surface area (Å²) in [5.74, 6) is 0.625. The van der Waals surface area contributed by atoms with Gasteiger partial charge >= 0.3 is 0 Å². The summed E-state index contributed by atoms with van der Waals surface area (Å²) in [5.41, 5.74) is 9.18. The Kier molecular flexibility index (Phi) is 5.75. The van der Waals surface area contributed by atoms with Gasteiger partial charge in [0.1, 0.15) is 5.82 Å². The van der Waals surface area contributed by atoms with Gasteiger partial charge in [0.2, 0.25) is 0 Å². The van der Waals surface area contributed by atoms with Crippen LogP contribution in [0.3, 0.4) is 0 Å². The number of ether oxygens (including phenoxy) is 2. The van der Waals surface area contributed by atoms with Crippen LogP contribution in [0, 0.1) is 5.82 Å². The molecule has 0 fully saturated rings. The molecule has 142 valence electrons. The first-order chi connectivity index (χ1) is 13.5. The molecular weight excluding hydrogens is 357 g/mol. The summed E-state index contributed by atoms with van der Waals surface area (Å²) in [6, 6.07) is 16.5.